The van der Waals surface area contributed by atoms with E-state index in [1.54, 1.807) is 19.2 Å². The van der Waals surface area contributed by atoms with Gasteiger partial charge in [0.2, 0.25) is 0 Å². The first-order valence-corrected chi connectivity index (χ1v) is 6.72. The normalized spacial score (nSPS) is 10.6. The maximum Gasteiger partial charge on any atom is 0.272 e. The molecule has 0 aromatic heterocycles. The quantitative estimate of drug-likeness (QED) is 0.695. The van der Waals surface area contributed by atoms with E-state index in [1.165, 1.54) is 6.21 Å². The number of carbonyl (C=O) groups is 1. The Morgan fingerprint density at radius 1 is 1.29 bits per heavy atom. The lowest BCUT2D eigenvalue weighted by atomic mass is 10.1. The molecule has 0 aliphatic rings. The van der Waals surface area contributed by atoms with E-state index in [1.807, 2.05) is 37.3 Å². The summed E-state index contributed by atoms with van der Waals surface area (Å²) in [7, 11) is 1.58. The molecule has 0 aliphatic heterocycles. The molecule has 0 bridgehead atoms. The second-order valence-corrected chi connectivity index (χ2v) is 4.83. The number of ether oxygens (including phenoxy) is 1. The van der Waals surface area contributed by atoms with Crippen LogP contribution in [0.1, 0.15) is 21.5 Å². The number of benzene rings is 2. The van der Waals surface area contributed by atoms with Gasteiger partial charge in [0.25, 0.3) is 5.91 Å². The zero-order valence-electron chi connectivity index (χ0n) is 11.8. The van der Waals surface area contributed by atoms with Crippen LogP contribution in [0.5, 0.6) is 5.75 Å². The Morgan fingerprint density at radius 2 is 2.05 bits per heavy atom. The van der Waals surface area contributed by atoms with Gasteiger partial charge in [-0.3, -0.25) is 4.79 Å². The molecule has 0 radical (unpaired) electrons. The number of rotatable bonds is 4. The minimum atomic E-state index is -0.355. The highest BCUT2D eigenvalue weighted by atomic mass is 35.5. The molecule has 2 aromatic rings. The number of hydrazone groups is 1. The number of methoxy groups -OCH3 is 1. The summed E-state index contributed by atoms with van der Waals surface area (Å²) in [6, 6.07) is 12.6. The molecule has 2 rings (SSSR count). The number of hydrogen-bond donors (Lipinski definition) is 1. The van der Waals surface area contributed by atoms with Gasteiger partial charge in [0, 0.05) is 5.56 Å². The molecule has 21 heavy (non-hydrogen) atoms. The standard InChI is InChI=1S/C16H15ClN2O2/c1-11-7-8-13(14(17)9-11)16(20)19-18-10-12-5-3-4-6-15(12)21-2/h3-10H,1-2H3,(H,19,20). The van der Waals surface area contributed by atoms with E-state index in [9.17, 15) is 4.79 Å². The van der Waals surface area contributed by atoms with Crippen LogP contribution in [0.3, 0.4) is 0 Å². The molecule has 0 aliphatic carbocycles. The van der Waals surface area contributed by atoms with E-state index in [2.05, 4.69) is 10.5 Å². The second kappa shape index (κ2) is 6.90. The van der Waals surface area contributed by atoms with Gasteiger partial charge in [-0.25, -0.2) is 5.43 Å². The third-order valence-corrected chi connectivity index (χ3v) is 3.19. The molecule has 4 nitrogen and oxygen atoms in total. The fraction of sp³-hybridized carbons (Fsp3) is 0.125. The Bertz CT molecular complexity index is 684. The summed E-state index contributed by atoms with van der Waals surface area (Å²) in [5.41, 5.74) is 4.61. The minimum absolute atomic E-state index is 0.355. The van der Waals surface area contributed by atoms with Crippen molar-refractivity contribution in [1.29, 1.82) is 0 Å². The number of hydrogen-bond acceptors (Lipinski definition) is 3. The van der Waals surface area contributed by atoms with Gasteiger partial charge in [0.1, 0.15) is 5.75 Å². The number of carbonyl (C=O) groups excluding carboxylic acids is 1. The molecule has 5 heteroatoms. The number of amides is 1. The molecule has 0 saturated carbocycles. The number of nitrogens with one attached hydrogen (secondary N) is 1. The van der Waals surface area contributed by atoms with Crippen LogP contribution >= 0.6 is 11.6 Å². The highest BCUT2D eigenvalue weighted by Gasteiger charge is 2.09. The van der Waals surface area contributed by atoms with Crippen molar-refractivity contribution in [2.45, 2.75) is 6.92 Å². The lowest BCUT2D eigenvalue weighted by molar-refractivity contribution is 0.0955. The lowest BCUT2D eigenvalue weighted by Crippen LogP contribution is -2.18. The van der Waals surface area contributed by atoms with Crippen molar-refractivity contribution in [1.82, 2.24) is 5.43 Å². The molecule has 0 saturated heterocycles. The number of aryl methyl sites for hydroxylation is 1. The van der Waals surface area contributed by atoms with E-state index in [0.29, 0.717) is 16.3 Å². The molecule has 0 unspecified atom stereocenters. The maximum atomic E-state index is 12.0. The Balaban J connectivity index is 2.08. The zero-order valence-corrected chi connectivity index (χ0v) is 12.5. The average molecular weight is 303 g/mol. The van der Waals surface area contributed by atoms with Crippen molar-refractivity contribution in [2.24, 2.45) is 5.10 Å². The van der Waals surface area contributed by atoms with Crippen LogP contribution in [0, 0.1) is 6.92 Å². The fourth-order valence-electron chi connectivity index (χ4n) is 1.80. The smallest absolute Gasteiger partial charge is 0.272 e. The van der Waals surface area contributed by atoms with Crippen molar-refractivity contribution >= 4 is 23.7 Å². The first kappa shape index (κ1) is 15.1. The van der Waals surface area contributed by atoms with Crippen molar-refractivity contribution < 1.29 is 9.53 Å². The van der Waals surface area contributed by atoms with Crippen LogP contribution in [0.25, 0.3) is 0 Å². The van der Waals surface area contributed by atoms with Gasteiger partial charge in [-0.2, -0.15) is 5.10 Å². The van der Waals surface area contributed by atoms with E-state index < -0.39 is 0 Å². The summed E-state index contributed by atoms with van der Waals surface area (Å²) in [6.07, 6.45) is 1.53. The summed E-state index contributed by atoms with van der Waals surface area (Å²) in [5, 5.41) is 4.33. The van der Waals surface area contributed by atoms with Crippen LogP contribution in [-0.2, 0) is 0 Å². The molecular weight excluding hydrogens is 288 g/mol. The van der Waals surface area contributed by atoms with Crippen LogP contribution in [-0.4, -0.2) is 19.2 Å². The number of nitrogens with zero attached hydrogens (tertiary/aromatic N) is 1. The summed E-state index contributed by atoms with van der Waals surface area (Å²) < 4.78 is 5.19. The number of para-hydroxylation sites is 1. The first-order chi connectivity index (χ1) is 10.1. The van der Waals surface area contributed by atoms with E-state index in [0.717, 1.165) is 11.1 Å². The summed E-state index contributed by atoms with van der Waals surface area (Å²) in [6.45, 7) is 1.91. The highest BCUT2D eigenvalue weighted by molar-refractivity contribution is 6.33. The van der Waals surface area contributed by atoms with Gasteiger partial charge < -0.3 is 4.74 Å². The predicted octanol–water partition coefficient (Wildman–Crippen LogP) is 3.42. The van der Waals surface area contributed by atoms with Gasteiger partial charge in [-0.05, 0) is 36.8 Å². The zero-order chi connectivity index (χ0) is 15.2. The van der Waals surface area contributed by atoms with Crippen LogP contribution < -0.4 is 10.2 Å². The number of halogens is 1. The largest absolute Gasteiger partial charge is 0.496 e. The maximum absolute atomic E-state index is 12.0. The molecule has 0 spiro atoms. The molecule has 0 heterocycles. The lowest BCUT2D eigenvalue weighted by Gasteiger charge is -2.05. The van der Waals surface area contributed by atoms with Gasteiger partial charge in [-0.15, -0.1) is 0 Å². The predicted molar refractivity (Wildman–Crippen MR) is 84.2 cm³/mol. The van der Waals surface area contributed by atoms with Crippen molar-refractivity contribution in [2.75, 3.05) is 7.11 Å². The van der Waals surface area contributed by atoms with Gasteiger partial charge in [0.15, 0.2) is 0 Å². The monoisotopic (exact) mass is 302 g/mol. The SMILES string of the molecule is COc1ccccc1C=NNC(=O)c1ccc(C)cc1Cl. The van der Waals surface area contributed by atoms with E-state index in [4.69, 9.17) is 16.3 Å². The van der Waals surface area contributed by atoms with E-state index >= 15 is 0 Å². The Morgan fingerprint density at radius 3 is 2.76 bits per heavy atom. The molecule has 108 valence electrons. The summed E-state index contributed by atoms with van der Waals surface area (Å²) in [5.74, 6) is 0.329. The fourth-order valence-corrected chi connectivity index (χ4v) is 2.12. The molecule has 0 fully saturated rings. The molecular formula is C16H15ClN2O2. The Hall–Kier alpha value is -2.33. The third kappa shape index (κ3) is 3.83. The molecule has 1 N–H and O–H groups in total. The minimum Gasteiger partial charge on any atom is -0.496 e. The third-order valence-electron chi connectivity index (χ3n) is 2.88. The average Bonchev–Trinajstić information content (AvgIpc) is 2.47. The topological polar surface area (TPSA) is 50.7 Å². The molecule has 0 atom stereocenters. The van der Waals surface area contributed by atoms with Crippen LogP contribution in [0.4, 0.5) is 0 Å². The van der Waals surface area contributed by atoms with E-state index in [-0.39, 0.29) is 5.91 Å². The van der Waals surface area contributed by atoms with Gasteiger partial charge in [0.05, 0.1) is 23.9 Å². The van der Waals surface area contributed by atoms with Gasteiger partial charge >= 0.3 is 0 Å². The summed E-state index contributed by atoms with van der Waals surface area (Å²) in [4.78, 5) is 12.0. The first-order valence-electron chi connectivity index (χ1n) is 6.34. The van der Waals surface area contributed by atoms with Crippen molar-refractivity contribution in [3.63, 3.8) is 0 Å². The highest BCUT2D eigenvalue weighted by Crippen LogP contribution is 2.17. The second-order valence-electron chi connectivity index (χ2n) is 4.42. The molecule has 1 amide bonds. The van der Waals surface area contributed by atoms with Crippen LogP contribution in [0.15, 0.2) is 47.6 Å². The van der Waals surface area contributed by atoms with Crippen molar-refractivity contribution in [3.05, 3.63) is 64.2 Å². The molecule has 2 aromatic carbocycles. The van der Waals surface area contributed by atoms with Crippen molar-refractivity contribution in [3.8, 4) is 5.75 Å². The summed E-state index contributed by atoms with van der Waals surface area (Å²) >= 11 is 6.04. The Kier molecular flexibility index (Phi) is 4.95. The Labute approximate surface area is 128 Å². The van der Waals surface area contributed by atoms with Crippen LogP contribution in [0.2, 0.25) is 5.02 Å². The van der Waals surface area contributed by atoms with Gasteiger partial charge in [-0.1, -0.05) is 29.8 Å².